The van der Waals surface area contributed by atoms with E-state index in [-0.39, 0.29) is 5.91 Å². The zero-order valence-corrected chi connectivity index (χ0v) is 16.3. The fraction of sp³-hybridized carbons (Fsp3) is 0.292. The van der Waals surface area contributed by atoms with E-state index in [2.05, 4.69) is 46.2 Å². The van der Waals surface area contributed by atoms with Gasteiger partial charge in [0.05, 0.1) is 23.4 Å². The quantitative estimate of drug-likeness (QED) is 0.669. The Morgan fingerprint density at radius 3 is 2.34 bits per heavy atom. The highest BCUT2D eigenvalue weighted by Crippen LogP contribution is 2.39. The largest absolute Gasteiger partial charge is 0.370 e. The van der Waals surface area contributed by atoms with Crippen LogP contribution in [0.3, 0.4) is 0 Å². The summed E-state index contributed by atoms with van der Waals surface area (Å²) in [6.45, 7) is 0. The zero-order valence-electron chi connectivity index (χ0n) is 16.3. The molecule has 0 unspecified atom stereocenters. The summed E-state index contributed by atoms with van der Waals surface area (Å²) in [4.78, 5) is 11.1. The van der Waals surface area contributed by atoms with Crippen LogP contribution in [0.15, 0.2) is 60.8 Å². The molecular formula is C24H24N4O. The summed E-state index contributed by atoms with van der Waals surface area (Å²) in [5.74, 6) is 0.332. The minimum Gasteiger partial charge on any atom is -0.370 e. The molecule has 2 N–H and O–H groups in total. The molecule has 4 rings (SSSR count). The van der Waals surface area contributed by atoms with Gasteiger partial charge in [0.2, 0.25) is 5.91 Å². The average molecular weight is 384 g/mol. The van der Waals surface area contributed by atoms with Crippen molar-refractivity contribution in [2.45, 2.75) is 38.1 Å². The SMILES string of the molecule is N#Cc1ccc(-c2ccc(-c3ccnn3[C@@H]3CC[C@@H](CCC(N)=O)C3)cc2)cc1. The molecule has 2 aromatic carbocycles. The molecule has 5 nitrogen and oxygen atoms in total. The molecule has 2 atom stereocenters. The molecule has 0 bridgehead atoms. The van der Waals surface area contributed by atoms with Gasteiger partial charge in [-0.25, -0.2) is 0 Å². The van der Waals surface area contributed by atoms with Gasteiger partial charge >= 0.3 is 0 Å². The van der Waals surface area contributed by atoms with E-state index in [1.807, 2.05) is 30.5 Å². The van der Waals surface area contributed by atoms with Gasteiger partial charge in [-0.15, -0.1) is 0 Å². The number of amides is 1. The molecule has 0 spiro atoms. The molecule has 146 valence electrons. The molecule has 0 saturated heterocycles. The summed E-state index contributed by atoms with van der Waals surface area (Å²) in [5.41, 5.74) is 10.4. The van der Waals surface area contributed by atoms with E-state index in [0.29, 0.717) is 23.9 Å². The molecule has 1 aliphatic rings. The van der Waals surface area contributed by atoms with Gasteiger partial charge in [0.15, 0.2) is 0 Å². The average Bonchev–Trinajstić information content (AvgIpc) is 3.42. The van der Waals surface area contributed by atoms with Crippen LogP contribution in [-0.2, 0) is 4.79 Å². The van der Waals surface area contributed by atoms with E-state index in [4.69, 9.17) is 11.0 Å². The second-order valence-electron chi connectivity index (χ2n) is 7.77. The standard InChI is InChI=1S/C24H24N4O/c25-16-18-1-5-19(6-2-18)20-7-9-21(10-8-20)23-13-14-27-28(23)22-11-3-17(15-22)4-12-24(26)29/h1-2,5-10,13-14,17,22H,3-4,11-12,15H2,(H2,26,29)/t17-,22+/m0/s1. The van der Waals surface area contributed by atoms with Gasteiger partial charge in [-0.1, -0.05) is 36.4 Å². The fourth-order valence-electron chi connectivity index (χ4n) is 4.28. The summed E-state index contributed by atoms with van der Waals surface area (Å²) in [6, 6.07) is 20.7. The number of carbonyl (C=O) groups is 1. The Morgan fingerprint density at radius 1 is 1.03 bits per heavy atom. The van der Waals surface area contributed by atoms with E-state index in [9.17, 15) is 4.79 Å². The summed E-state index contributed by atoms with van der Waals surface area (Å²) in [7, 11) is 0. The van der Waals surface area contributed by atoms with Crippen LogP contribution in [0.25, 0.3) is 22.4 Å². The van der Waals surface area contributed by atoms with Crippen molar-refractivity contribution in [3.05, 3.63) is 66.4 Å². The summed E-state index contributed by atoms with van der Waals surface area (Å²) in [6.07, 6.45) is 6.46. The van der Waals surface area contributed by atoms with Gasteiger partial charge in [-0.3, -0.25) is 9.48 Å². The van der Waals surface area contributed by atoms with Crippen molar-refractivity contribution in [2.24, 2.45) is 11.7 Å². The molecule has 29 heavy (non-hydrogen) atoms. The third-order valence-corrected chi connectivity index (χ3v) is 5.86. The topological polar surface area (TPSA) is 84.7 Å². The van der Waals surface area contributed by atoms with E-state index >= 15 is 0 Å². The minimum atomic E-state index is -0.212. The normalized spacial score (nSPS) is 18.4. The van der Waals surface area contributed by atoms with Crippen LogP contribution in [0, 0.1) is 17.2 Å². The first-order valence-electron chi connectivity index (χ1n) is 10.1. The van der Waals surface area contributed by atoms with Gasteiger partial charge < -0.3 is 5.73 Å². The number of nitrogens with two attached hydrogens (primary N) is 1. The number of rotatable bonds is 6. The highest BCUT2D eigenvalue weighted by Gasteiger charge is 2.27. The van der Waals surface area contributed by atoms with E-state index in [0.717, 1.165) is 48.1 Å². The Hall–Kier alpha value is -3.39. The number of nitrogens with zero attached hydrogens (tertiary/aromatic N) is 3. The highest BCUT2D eigenvalue weighted by atomic mass is 16.1. The van der Waals surface area contributed by atoms with Crippen molar-refractivity contribution in [1.82, 2.24) is 9.78 Å². The molecular weight excluding hydrogens is 360 g/mol. The molecule has 5 heteroatoms. The predicted octanol–water partition coefficient (Wildman–Crippen LogP) is 4.70. The van der Waals surface area contributed by atoms with E-state index < -0.39 is 0 Å². The molecule has 1 aromatic heterocycles. The maximum absolute atomic E-state index is 11.1. The van der Waals surface area contributed by atoms with Crippen LogP contribution < -0.4 is 5.73 Å². The minimum absolute atomic E-state index is 0.212. The smallest absolute Gasteiger partial charge is 0.217 e. The Morgan fingerprint density at radius 2 is 1.69 bits per heavy atom. The maximum Gasteiger partial charge on any atom is 0.217 e. The lowest BCUT2D eigenvalue weighted by Gasteiger charge is -2.16. The lowest BCUT2D eigenvalue weighted by Crippen LogP contribution is -2.12. The van der Waals surface area contributed by atoms with Crippen molar-refractivity contribution >= 4 is 5.91 Å². The van der Waals surface area contributed by atoms with Crippen LogP contribution >= 0.6 is 0 Å². The van der Waals surface area contributed by atoms with Crippen LogP contribution in [0.1, 0.15) is 43.7 Å². The molecule has 1 fully saturated rings. The number of benzene rings is 2. The van der Waals surface area contributed by atoms with Gasteiger partial charge in [-0.05, 0) is 66.5 Å². The lowest BCUT2D eigenvalue weighted by atomic mass is 10.0. The highest BCUT2D eigenvalue weighted by molar-refractivity contribution is 5.73. The number of nitriles is 1. The van der Waals surface area contributed by atoms with Gasteiger partial charge in [0, 0.05) is 12.6 Å². The molecule has 1 heterocycles. The van der Waals surface area contributed by atoms with Crippen LogP contribution in [0.5, 0.6) is 0 Å². The molecule has 1 amide bonds. The van der Waals surface area contributed by atoms with Crippen molar-refractivity contribution < 1.29 is 4.79 Å². The lowest BCUT2D eigenvalue weighted by molar-refractivity contribution is -0.118. The monoisotopic (exact) mass is 384 g/mol. The van der Waals surface area contributed by atoms with Crippen molar-refractivity contribution in [3.63, 3.8) is 0 Å². The second-order valence-corrected chi connectivity index (χ2v) is 7.77. The molecule has 3 aromatic rings. The van der Waals surface area contributed by atoms with Crippen LogP contribution in [0.2, 0.25) is 0 Å². The number of carbonyl (C=O) groups excluding carboxylic acids is 1. The van der Waals surface area contributed by atoms with E-state index in [1.54, 1.807) is 0 Å². The van der Waals surface area contributed by atoms with Crippen molar-refractivity contribution in [3.8, 4) is 28.5 Å². The van der Waals surface area contributed by atoms with Crippen LogP contribution in [0.4, 0.5) is 0 Å². The van der Waals surface area contributed by atoms with Gasteiger partial charge in [0.1, 0.15) is 0 Å². The Balaban J connectivity index is 1.49. The third-order valence-electron chi connectivity index (χ3n) is 5.86. The zero-order chi connectivity index (χ0) is 20.2. The second kappa shape index (κ2) is 8.32. The van der Waals surface area contributed by atoms with E-state index in [1.165, 1.54) is 0 Å². The first-order chi connectivity index (χ1) is 14.1. The number of hydrogen-bond donors (Lipinski definition) is 1. The summed E-state index contributed by atoms with van der Waals surface area (Å²) in [5, 5.41) is 13.5. The summed E-state index contributed by atoms with van der Waals surface area (Å²) < 4.78 is 2.14. The summed E-state index contributed by atoms with van der Waals surface area (Å²) >= 11 is 0. The van der Waals surface area contributed by atoms with Gasteiger partial charge in [-0.2, -0.15) is 10.4 Å². The first kappa shape index (κ1) is 18.9. The predicted molar refractivity (Wildman–Crippen MR) is 113 cm³/mol. The Bertz CT molecular complexity index is 1030. The number of hydrogen-bond acceptors (Lipinski definition) is 3. The molecule has 0 radical (unpaired) electrons. The van der Waals surface area contributed by atoms with Gasteiger partial charge in [0.25, 0.3) is 0 Å². The molecule has 1 saturated carbocycles. The first-order valence-corrected chi connectivity index (χ1v) is 10.1. The molecule has 0 aliphatic heterocycles. The van der Waals surface area contributed by atoms with Crippen LogP contribution in [-0.4, -0.2) is 15.7 Å². The number of aromatic nitrogens is 2. The molecule has 1 aliphatic carbocycles. The maximum atomic E-state index is 11.1. The fourth-order valence-corrected chi connectivity index (χ4v) is 4.28. The van der Waals surface area contributed by atoms with Crippen molar-refractivity contribution in [1.29, 1.82) is 5.26 Å². The number of primary amides is 1. The Kier molecular flexibility index (Phi) is 5.44. The van der Waals surface area contributed by atoms with Crippen molar-refractivity contribution in [2.75, 3.05) is 0 Å². The Labute approximate surface area is 170 Å². The third kappa shape index (κ3) is 4.22.